The first kappa shape index (κ1) is 23.6. The van der Waals surface area contributed by atoms with Crippen LogP contribution in [0.5, 0.6) is 5.75 Å². The van der Waals surface area contributed by atoms with Gasteiger partial charge in [-0.05, 0) is 61.2 Å². The molecule has 1 saturated heterocycles. The molecular formula is C26H34ClNO3. The maximum Gasteiger partial charge on any atom is 0.254 e. The molecule has 0 spiro atoms. The van der Waals surface area contributed by atoms with Crippen LogP contribution in [-0.4, -0.2) is 36.7 Å². The number of halogens is 1. The fourth-order valence-corrected chi connectivity index (χ4v) is 3.96. The van der Waals surface area contributed by atoms with Gasteiger partial charge in [0, 0.05) is 30.3 Å². The maximum atomic E-state index is 13.3. The predicted molar refractivity (Wildman–Crippen MR) is 126 cm³/mol. The number of amides is 1. The van der Waals surface area contributed by atoms with Crippen molar-refractivity contribution in [2.24, 2.45) is 0 Å². The Morgan fingerprint density at radius 3 is 2.48 bits per heavy atom. The highest BCUT2D eigenvalue weighted by Gasteiger charge is 2.23. The lowest BCUT2D eigenvalue weighted by Crippen LogP contribution is -2.36. The Morgan fingerprint density at radius 2 is 1.81 bits per heavy atom. The molecule has 1 fully saturated rings. The highest BCUT2D eigenvalue weighted by molar-refractivity contribution is 6.30. The summed E-state index contributed by atoms with van der Waals surface area (Å²) in [5.74, 6) is 0.826. The van der Waals surface area contributed by atoms with E-state index in [1.165, 1.54) is 25.7 Å². The van der Waals surface area contributed by atoms with E-state index in [-0.39, 0.29) is 12.0 Å². The molecule has 5 heteroatoms. The molecule has 0 radical (unpaired) electrons. The van der Waals surface area contributed by atoms with Gasteiger partial charge in [-0.25, -0.2) is 0 Å². The quantitative estimate of drug-likeness (QED) is 0.351. The molecule has 0 aromatic heterocycles. The van der Waals surface area contributed by atoms with Crippen molar-refractivity contribution in [1.82, 2.24) is 4.90 Å². The van der Waals surface area contributed by atoms with Gasteiger partial charge in [0.2, 0.25) is 0 Å². The van der Waals surface area contributed by atoms with Crippen LogP contribution in [-0.2, 0) is 11.3 Å². The van der Waals surface area contributed by atoms with E-state index >= 15 is 0 Å². The van der Waals surface area contributed by atoms with E-state index in [1.807, 2.05) is 53.4 Å². The third-order valence-electron chi connectivity index (χ3n) is 5.64. The molecule has 1 unspecified atom stereocenters. The van der Waals surface area contributed by atoms with Crippen molar-refractivity contribution in [1.29, 1.82) is 0 Å². The summed E-state index contributed by atoms with van der Waals surface area (Å²) in [6.07, 6.45) is 8.22. The van der Waals surface area contributed by atoms with Crippen LogP contribution < -0.4 is 4.74 Å². The van der Waals surface area contributed by atoms with E-state index in [0.717, 1.165) is 43.8 Å². The van der Waals surface area contributed by atoms with Gasteiger partial charge in [0.05, 0.1) is 12.7 Å². The second-order valence-corrected chi connectivity index (χ2v) is 8.67. The molecule has 1 aliphatic rings. The molecule has 168 valence electrons. The van der Waals surface area contributed by atoms with Crippen molar-refractivity contribution < 1.29 is 14.3 Å². The molecule has 2 aromatic rings. The molecule has 0 aliphatic carbocycles. The summed E-state index contributed by atoms with van der Waals surface area (Å²) >= 11 is 6.01. The Hall–Kier alpha value is -2.04. The van der Waals surface area contributed by atoms with E-state index in [0.29, 0.717) is 23.7 Å². The number of benzene rings is 2. The van der Waals surface area contributed by atoms with Crippen LogP contribution in [0.2, 0.25) is 5.02 Å². The normalized spacial score (nSPS) is 15.7. The Labute approximate surface area is 191 Å². The lowest BCUT2D eigenvalue weighted by molar-refractivity contribution is 0.0507. The standard InChI is InChI=1S/C26H34ClNO3/c1-2-3-4-5-6-17-30-24-15-11-22(12-16-24)26(29)28(20-25-8-7-18-31-25)19-21-9-13-23(27)14-10-21/h9-16,25H,2-8,17-20H2,1H3. The largest absolute Gasteiger partial charge is 0.494 e. The number of carbonyl (C=O) groups excluding carboxylic acids is 1. The molecule has 4 nitrogen and oxygen atoms in total. The van der Waals surface area contributed by atoms with Crippen LogP contribution in [0.25, 0.3) is 0 Å². The third kappa shape index (κ3) is 7.86. The lowest BCUT2D eigenvalue weighted by Gasteiger charge is -2.26. The molecule has 0 saturated carbocycles. The zero-order valence-electron chi connectivity index (χ0n) is 18.5. The highest BCUT2D eigenvalue weighted by Crippen LogP contribution is 2.20. The molecule has 3 rings (SSSR count). The van der Waals surface area contributed by atoms with E-state index < -0.39 is 0 Å². The maximum absolute atomic E-state index is 13.3. The summed E-state index contributed by atoms with van der Waals surface area (Å²) < 4.78 is 11.6. The van der Waals surface area contributed by atoms with Gasteiger partial charge in [-0.1, -0.05) is 56.3 Å². The number of ether oxygens (including phenoxy) is 2. The molecule has 2 aromatic carbocycles. The number of hydrogen-bond acceptors (Lipinski definition) is 3. The average Bonchev–Trinajstić information content (AvgIpc) is 3.30. The van der Waals surface area contributed by atoms with Crippen molar-refractivity contribution in [3.8, 4) is 5.75 Å². The summed E-state index contributed by atoms with van der Waals surface area (Å²) in [5, 5.41) is 0.696. The molecule has 0 bridgehead atoms. The van der Waals surface area contributed by atoms with Crippen LogP contribution in [0.15, 0.2) is 48.5 Å². The molecule has 1 heterocycles. The zero-order valence-corrected chi connectivity index (χ0v) is 19.3. The Bertz CT molecular complexity index is 785. The number of hydrogen-bond donors (Lipinski definition) is 0. The van der Waals surface area contributed by atoms with Gasteiger partial charge in [0.15, 0.2) is 0 Å². The minimum absolute atomic E-state index is 0.0107. The molecule has 31 heavy (non-hydrogen) atoms. The molecule has 1 atom stereocenters. The Balaban J connectivity index is 1.59. The van der Waals surface area contributed by atoms with Crippen LogP contribution >= 0.6 is 11.6 Å². The van der Waals surface area contributed by atoms with Gasteiger partial charge in [-0.2, -0.15) is 0 Å². The molecular weight excluding hydrogens is 410 g/mol. The van der Waals surface area contributed by atoms with Gasteiger partial charge in [-0.15, -0.1) is 0 Å². The summed E-state index contributed by atoms with van der Waals surface area (Å²) in [6.45, 7) is 4.84. The summed E-state index contributed by atoms with van der Waals surface area (Å²) in [4.78, 5) is 15.2. The fraction of sp³-hybridized carbons (Fsp3) is 0.500. The topological polar surface area (TPSA) is 38.8 Å². The van der Waals surface area contributed by atoms with Crippen molar-refractivity contribution in [2.45, 2.75) is 64.5 Å². The number of nitrogens with zero attached hydrogens (tertiary/aromatic N) is 1. The van der Waals surface area contributed by atoms with Crippen LogP contribution in [0.3, 0.4) is 0 Å². The first-order valence-corrected chi connectivity index (χ1v) is 11.9. The SMILES string of the molecule is CCCCCCCOc1ccc(C(=O)N(Cc2ccc(Cl)cc2)CC2CCCO2)cc1. The van der Waals surface area contributed by atoms with Gasteiger partial charge < -0.3 is 14.4 Å². The summed E-state index contributed by atoms with van der Waals surface area (Å²) in [7, 11) is 0. The van der Waals surface area contributed by atoms with Crippen molar-refractivity contribution >= 4 is 17.5 Å². The first-order valence-electron chi connectivity index (χ1n) is 11.5. The van der Waals surface area contributed by atoms with Gasteiger partial charge in [0.25, 0.3) is 5.91 Å². The van der Waals surface area contributed by atoms with Gasteiger partial charge >= 0.3 is 0 Å². The number of rotatable bonds is 12. The highest BCUT2D eigenvalue weighted by atomic mass is 35.5. The minimum Gasteiger partial charge on any atom is -0.494 e. The minimum atomic E-state index is 0.0107. The predicted octanol–water partition coefficient (Wildman–Crippen LogP) is 6.51. The van der Waals surface area contributed by atoms with E-state index in [4.69, 9.17) is 21.1 Å². The van der Waals surface area contributed by atoms with E-state index in [1.54, 1.807) is 0 Å². The van der Waals surface area contributed by atoms with Gasteiger partial charge in [0.1, 0.15) is 5.75 Å². The van der Waals surface area contributed by atoms with Gasteiger partial charge in [-0.3, -0.25) is 4.79 Å². The summed E-state index contributed by atoms with van der Waals surface area (Å²) in [6, 6.07) is 15.2. The van der Waals surface area contributed by atoms with Crippen molar-refractivity contribution in [3.05, 3.63) is 64.7 Å². The zero-order chi connectivity index (χ0) is 21.9. The molecule has 1 aliphatic heterocycles. The molecule has 1 amide bonds. The van der Waals surface area contributed by atoms with Crippen molar-refractivity contribution in [2.75, 3.05) is 19.8 Å². The third-order valence-corrected chi connectivity index (χ3v) is 5.89. The van der Waals surface area contributed by atoms with E-state index in [9.17, 15) is 4.79 Å². The van der Waals surface area contributed by atoms with Crippen LogP contribution in [0.4, 0.5) is 0 Å². The van der Waals surface area contributed by atoms with Crippen molar-refractivity contribution in [3.63, 3.8) is 0 Å². The molecule has 0 N–H and O–H groups in total. The average molecular weight is 444 g/mol. The lowest BCUT2D eigenvalue weighted by atomic mass is 10.1. The van der Waals surface area contributed by atoms with Crippen LogP contribution in [0, 0.1) is 0 Å². The smallest absolute Gasteiger partial charge is 0.254 e. The Kier molecular flexibility index (Phi) is 9.70. The van der Waals surface area contributed by atoms with E-state index in [2.05, 4.69) is 6.92 Å². The fourth-order valence-electron chi connectivity index (χ4n) is 3.84. The number of carbonyl (C=O) groups is 1. The number of unbranched alkanes of at least 4 members (excludes halogenated alkanes) is 4. The first-order chi connectivity index (χ1) is 15.2. The monoisotopic (exact) mass is 443 g/mol. The second kappa shape index (κ2) is 12.7. The summed E-state index contributed by atoms with van der Waals surface area (Å²) in [5.41, 5.74) is 1.72. The Morgan fingerprint density at radius 1 is 1.06 bits per heavy atom. The van der Waals surface area contributed by atoms with Crippen LogP contribution in [0.1, 0.15) is 67.8 Å². The second-order valence-electron chi connectivity index (χ2n) is 8.23.